The molecule has 0 spiro atoms. The summed E-state index contributed by atoms with van der Waals surface area (Å²) in [5.41, 5.74) is 7.13. The first-order chi connectivity index (χ1) is 6.47. The molecule has 0 aliphatic rings. The number of hydrogen-bond acceptors (Lipinski definition) is 2. The summed E-state index contributed by atoms with van der Waals surface area (Å²) >= 11 is 0. The van der Waals surface area contributed by atoms with Gasteiger partial charge in [-0.15, -0.1) is 0 Å². The first-order valence-corrected chi connectivity index (χ1v) is 4.97. The van der Waals surface area contributed by atoms with Crippen LogP contribution in [0.1, 0.15) is 39.4 Å². The van der Waals surface area contributed by atoms with Crippen molar-refractivity contribution in [1.82, 2.24) is 0 Å². The van der Waals surface area contributed by atoms with E-state index in [9.17, 15) is 0 Å². The van der Waals surface area contributed by atoms with Crippen molar-refractivity contribution in [3.8, 4) is 0 Å². The fourth-order valence-corrected chi connectivity index (χ4v) is 1.21. The Bertz CT molecular complexity index is 291. The van der Waals surface area contributed by atoms with Crippen molar-refractivity contribution >= 4 is 6.08 Å². The van der Waals surface area contributed by atoms with Crippen molar-refractivity contribution in [2.75, 3.05) is 0 Å². The number of nitrogens with two attached hydrogens (primary N) is 1. The largest absolute Gasteiger partial charge is 0.465 e. The summed E-state index contributed by atoms with van der Waals surface area (Å²) in [6.45, 7) is 6.20. The SMILES string of the molecule is C/C(=C\c1ccco1)CCC(C)(C)N. The molecule has 2 heteroatoms. The lowest BCUT2D eigenvalue weighted by Crippen LogP contribution is -2.31. The van der Waals surface area contributed by atoms with Crippen molar-refractivity contribution in [1.29, 1.82) is 0 Å². The Labute approximate surface area is 85.8 Å². The van der Waals surface area contributed by atoms with Crippen LogP contribution in [0.5, 0.6) is 0 Å². The van der Waals surface area contributed by atoms with Crippen molar-refractivity contribution in [3.63, 3.8) is 0 Å². The van der Waals surface area contributed by atoms with E-state index in [2.05, 4.69) is 13.0 Å². The molecule has 1 rings (SSSR count). The summed E-state index contributed by atoms with van der Waals surface area (Å²) in [7, 11) is 0. The Morgan fingerprint density at radius 2 is 2.29 bits per heavy atom. The first kappa shape index (κ1) is 11.1. The Kier molecular flexibility index (Phi) is 3.53. The molecule has 0 aliphatic heterocycles. The van der Waals surface area contributed by atoms with Crippen molar-refractivity contribution in [2.24, 2.45) is 5.73 Å². The van der Waals surface area contributed by atoms with E-state index in [4.69, 9.17) is 10.2 Å². The van der Waals surface area contributed by atoms with E-state index in [1.807, 2.05) is 26.0 Å². The van der Waals surface area contributed by atoms with E-state index >= 15 is 0 Å². The third-order valence-corrected chi connectivity index (χ3v) is 2.10. The molecule has 2 nitrogen and oxygen atoms in total. The first-order valence-electron chi connectivity index (χ1n) is 4.97. The minimum absolute atomic E-state index is 0.0851. The van der Waals surface area contributed by atoms with Crippen LogP contribution >= 0.6 is 0 Å². The molecular formula is C12H19NO. The highest BCUT2D eigenvalue weighted by atomic mass is 16.3. The molecule has 14 heavy (non-hydrogen) atoms. The molecule has 0 aromatic carbocycles. The molecule has 0 atom stereocenters. The number of allylic oxidation sites excluding steroid dienone is 1. The van der Waals surface area contributed by atoms with Crippen LogP contribution < -0.4 is 5.73 Å². The Balaban J connectivity index is 2.46. The zero-order valence-corrected chi connectivity index (χ0v) is 9.21. The van der Waals surface area contributed by atoms with Gasteiger partial charge in [-0.25, -0.2) is 0 Å². The number of rotatable bonds is 4. The molecule has 0 amide bonds. The lowest BCUT2D eigenvalue weighted by molar-refractivity contribution is 0.476. The molecule has 1 heterocycles. The summed E-state index contributed by atoms with van der Waals surface area (Å²) in [5.74, 6) is 0.914. The fourth-order valence-electron chi connectivity index (χ4n) is 1.21. The van der Waals surface area contributed by atoms with Gasteiger partial charge in [-0.3, -0.25) is 0 Å². The van der Waals surface area contributed by atoms with Crippen LogP contribution in [-0.2, 0) is 0 Å². The minimum Gasteiger partial charge on any atom is -0.465 e. The van der Waals surface area contributed by atoms with Crippen molar-refractivity contribution in [2.45, 2.75) is 39.2 Å². The van der Waals surface area contributed by atoms with Gasteiger partial charge in [0.05, 0.1) is 6.26 Å². The van der Waals surface area contributed by atoms with Gasteiger partial charge >= 0.3 is 0 Å². The molecule has 0 fully saturated rings. The average molecular weight is 193 g/mol. The molecular weight excluding hydrogens is 174 g/mol. The van der Waals surface area contributed by atoms with Gasteiger partial charge in [-0.05, 0) is 51.8 Å². The van der Waals surface area contributed by atoms with Gasteiger partial charge in [-0.1, -0.05) is 5.57 Å². The van der Waals surface area contributed by atoms with Gasteiger partial charge in [0, 0.05) is 5.54 Å². The third-order valence-electron chi connectivity index (χ3n) is 2.10. The maximum absolute atomic E-state index is 5.91. The monoisotopic (exact) mass is 193 g/mol. The van der Waals surface area contributed by atoms with E-state index in [1.165, 1.54) is 5.57 Å². The highest BCUT2D eigenvalue weighted by Crippen LogP contribution is 2.15. The molecule has 1 aromatic heterocycles. The standard InChI is InChI=1S/C12H19NO/c1-10(6-7-12(2,3)13)9-11-5-4-8-14-11/h4-5,8-9H,6-7,13H2,1-3H3/b10-9+. The van der Waals surface area contributed by atoms with Gasteiger partial charge < -0.3 is 10.2 Å². The molecule has 0 saturated carbocycles. The highest BCUT2D eigenvalue weighted by molar-refractivity contribution is 5.46. The van der Waals surface area contributed by atoms with Gasteiger partial charge in [-0.2, -0.15) is 0 Å². The Morgan fingerprint density at radius 3 is 2.79 bits per heavy atom. The maximum atomic E-state index is 5.91. The van der Waals surface area contributed by atoms with Gasteiger partial charge in [0.2, 0.25) is 0 Å². The van der Waals surface area contributed by atoms with Crippen LogP contribution in [0.4, 0.5) is 0 Å². The van der Waals surface area contributed by atoms with Crippen LogP contribution in [0.2, 0.25) is 0 Å². The molecule has 78 valence electrons. The van der Waals surface area contributed by atoms with E-state index in [1.54, 1.807) is 6.26 Å². The lowest BCUT2D eigenvalue weighted by atomic mass is 9.97. The summed E-state index contributed by atoms with van der Waals surface area (Å²) in [4.78, 5) is 0. The predicted octanol–water partition coefficient (Wildman–Crippen LogP) is 3.20. The predicted molar refractivity (Wildman–Crippen MR) is 59.9 cm³/mol. The molecule has 2 N–H and O–H groups in total. The molecule has 0 bridgehead atoms. The van der Waals surface area contributed by atoms with Crippen LogP contribution in [0.3, 0.4) is 0 Å². The third kappa shape index (κ3) is 4.28. The summed E-state index contributed by atoms with van der Waals surface area (Å²) < 4.78 is 5.23. The van der Waals surface area contributed by atoms with E-state index < -0.39 is 0 Å². The van der Waals surface area contributed by atoms with Gasteiger partial charge in [0.1, 0.15) is 5.76 Å². The van der Waals surface area contributed by atoms with E-state index in [0.29, 0.717) is 0 Å². The molecule has 0 saturated heterocycles. The van der Waals surface area contributed by atoms with Crippen molar-refractivity contribution in [3.05, 3.63) is 29.7 Å². The topological polar surface area (TPSA) is 39.2 Å². The van der Waals surface area contributed by atoms with E-state index in [-0.39, 0.29) is 5.54 Å². The quantitative estimate of drug-likeness (QED) is 0.797. The van der Waals surface area contributed by atoms with Gasteiger partial charge in [0.25, 0.3) is 0 Å². The summed E-state index contributed by atoms with van der Waals surface area (Å²) in [5, 5.41) is 0. The zero-order chi connectivity index (χ0) is 10.6. The smallest absolute Gasteiger partial charge is 0.126 e. The van der Waals surface area contributed by atoms with Gasteiger partial charge in [0.15, 0.2) is 0 Å². The van der Waals surface area contributed by atoms with Crippen LogP contribution in [0.25, 0.3) is 6.08 Å². The number of furan rings is 1. The fraction of sp³-hybridized carbons (Fsp3) is 0.500. The number of hydrogen-bond donors (Lipinski definition) is 1. The summed E-state index contributed by atoms with van der Waals surface area (Å²) in [6.07, 6.45) is 5.76. The minimum atomic E-state index is -0.0851. The summed E-state index contributed by atoms with van der Waals surface area (Å²) in [6, 6.07) is 3.85. The average Bonchev–Trinajstić information content (AvgIpc) is 2.52. The van der Waals surface area contributed by atoms with Crippen LogP contribution in [0, 0.1) is 0 Å². The second-order valence-corrected chi connectivity index (χ2v) is 4.49. The molecule has 1 aromatic rings. The normalized spacial score (nSPS) is 13.3. The Morgan fingerprint density at radius 1 is 1.57 bits per heavy atom. The molecule has 0 unspecified atom stereocenters. The molecule has 0 aliphatic carbocycles. The van der Waals surface area contributed by atoms with Crippen molar-refractivity contribution < 1.29 is 4.42 Å². The highest BCUT2D eigenvalue weighted by Gasteiger charge is 2.09. The second-order valence-electron chi connectivity index (χ2n) is 4.49. The maximum Gasteiger partial charge on any atom is 0.126 e. The van der Waals surface area contributed by atoms with Crippen LogP contribution in [0.15, 0.2) is 28.4 Å². The van der Waals surface area contributed by atoms with Crippen LogP contribution in [-0.4, -0.2) is 5.54 Å². The Hall–Kier alpha value is -1.02. The zero-order valence-electron chi connectivity index (χ0n) is 9.21. The molecule has 0 radical (unpaired) electrons. The second kappa shape index (κ2) is 4.47. The van der Waals surface area contributed by atoms with E-state index in [0.717, 1.165) is 18.6 Å². The lowest BCUT2D eigenvalue weighted by Gasteiger charge is -2.17.